The molecule has 0 fully saturated rings. The molecule has 2 heterocycles. The second kappa shape index (κ2) is 11.9. The summed E-state index contributed by atoms with van der Waals surface area (Å²) in [6, 6.07) is 23.0. The van der Waals surface area contributed by atoms with Crippen molar-refractivity contribution in [2.45, 2.75) is 6.18 Å². The van der Waals surface area contributed by atoms with Crippen LogP contribution < -0.4 is 20.7 Å². The topological polar surface area (TPSA) is 113 Å². The quantitative estimate of drug-likeness (QED) is 0.136. The number of rotatable bonds is 7. The van der Waals surface area contributed by atoms with Crippen LogP contribution in [0.3, 0.4) is 0 Å². The fourth-order valence-electron chi connectivity index (χ4n) is 4.41. The molecule has 6 aromatic rings. The number of alkyl halides is 3. The van der Waals surface area contributed by atoms with Crippen LogP contribution in [0.1, 0.15) is 15.9 Å². The first kappa shape index (κ1) is 29.0. The number of urea groups is 1. The minimum Gasteiger partial charge on any atom is -0.457 e. The van der Waals surface area contributed by atoms with Gasteiger partial charge >= 0.3 is 12.2 Å². The van der Waals surface area contributed by atoms with Crippen LogP contribution in [0.25, 0.3) is 16.7 Å². The number of ether oxygens (including phenoxy) is 1. The summed E-state index contributed by atoms with van der Waals surface area (Å²) in [6.07, 6.45) is -0.864. The fraction of sp³-hybridized carbons (Fsp3) is 0.0312. The molecule has 0 spiro atoms. The summed E-state index contributed by atoms with van der Waals surface area (Å²) < 4.78 is 60.5. The van der Waals surface area contributed by atoms with Crippen LogP contribution in [0, 0.1) is 5.82 Å². The average Bonchev–Trinajstić information content (AvgIpc) is 3.69. The minimum atomic E-state index is -4.69. The largest absolute Gasteiger partial charge is 0.457 e. The van der Waals surface area contributed by atoms with Gasteiger partial charge in [-0.05, 0) is 91.0 Å². The molecule has 4 N–H and O–H groups in total. The smallest absolute Gasteiger partial charge is 0.416 e. The Balaban J connectivity index is 1.06. The molecule has 0 saturated heterocycles. The molecule has 0 atom stereocenters. The Morgan fingerprint density at radius 2 is 1.51 bits per heavy atom. The number of aromatic nitrogens is 3. The predicted molar refractivity (Wildman–Crippen MR) is 160 cm³/mol. The number of hydrogen-bond acceptors (Lipinski definition) is 4. The lowest BCUT2D eigenvalue weighted by Gasteiger charge is -2.12. The van der Waals surface area contributed by atoms with E-state index in [9.17, 15) is 27.2 Å². The summed E-state index contributed by atoms with van der Waals surface area (Å²) in [6.45, 7) is 0. The molecule has 226 valence electrons. The van der Waals surface area contributed by atoms with E-state index in [0.29, 0.717) is 46.3 Å². The monoisotopic (exact) mass is 614 g/mol. The highest BCUT2D eigenvalue weighted by atomic mass is 19.4. The molecule has 13 heteroatoms. The number of fused-ring (bicyclic) bond motifs is 1. The van der Waals surface area contributed by atoms with Gasteiger partial charge in [-0.15, -0.1) is 0 Å². The van der Waals surface area contributed by atoms with Gasteiger partial charge < -0.3 is 24.9 Å². The first-order valence-electron chi connectivity index (χ1n) is 13.4. The van der Waals surface area contributed by atoms with E-state index in [-0.39, 0.29) is 17.5 Å². The molecule has 0 aliphatic rings. The highest BCUT2D eigenvalue weighted by molar-refractivity contribution is 6.04. The maximum atomic E-state index is 13.9. The Kier molecular flexibility index (Phi) is 7.65. The number of anilines is 3. The van der Waals surface area contributed by atoms with Crippen LogP contribution in [0.2, 0.25) is 0 Å². The predicted octanol–water partition coefficient (Wildman–Crippen LogP) is 8.20. The summed E-state index contributed by atoms with van der Waals surface area (Å²) in [5, 5.41) is 7.26. The first-order chi connectivity index (χ1) is 21.6. The number of hydrogen-bond donors (Lipinski definition) is 4. The second-order valence-electron chi connectivity index (χ2n) is 9.75. The van der Waals surface area contributed by atoms with Gasteiger partial charge in [0.05, 0.1) is 22.3 Å². The molecule has 9 nitrogen and oxygen atoms in total. The molecule has 0 unspecified atom stereocenters. The van der Waals surface area contributed by atoms with E-state index in [2.05, 4.69) is 25.9 Å². The van der Waals surface area contributed by atoms with Crippen molar-refractivity contribution >= 4 is 40.3 Å². The summed E-state index contributed by atoms with van der Waals surface area (Å²) in [5.74, 6) is -0.194. The van der Waals surface area contributed by atoms with Crippen LogP contribution in [0.15, 0.2) is 109 Å². The molecular weight excluding hydrogens is 592 g/mol. The van der Waals surface area contributed by atoms with E-state index in [1.54, 1.807) is 42.5 Å². The van der Waals surface area contributed by atoms with Gasteiger partial charge in [0.2, 0.25) is 5.95 Å². The Morgan fingerprint density at radius 1 is 0.800 bits per heavy atom. The van der Waals surface area contributed by atoms with Crippen molar-refractivity contribution in [1.82, 2.24) is 14.5 Å². The Morgan fingerprint density at radius 3 is 2.22 bits per heavy atom. The molecule has 0 radical (unpaired) electrons. The van der Waals surface area contributed by atoms with Crippen LogP contribution in [-0.2, 0) is 6.18 Å². The van der Waals surface area contributed by atoms with Gasteiger partial charge in [-0.1, -0.05) is 0 Å². The second-order valence-corrected chi connectivity index (χ2v) is 9.75. The highest BCUT2D eigenvalue weighted by Crippen LogP contribution is 2.32. The number of halogens is 4. The molecule has 6 rings (SSSR count). The zero-order chi connectivity index (χ0) is 31.6. The molecule has 0 bridgehead atoms. The molecule has 3 amide bonds. The number of H-pyrrole nitrogens is 1. The maximum absolute atomic E-state index is 13.9. The number of nitrogens with one attached hydrogen (secondary N) is 4. The van der Waals surface area contributed by atoms with Gasteiger partial charge in [-0.3, -0.25) is 10.1 Å². The van der Waals surface area contributed by atoms with Crippen molar-refractivity contribution in [2.24, 2.45) is 0 Å². The molecule has 0 saturated carbocycles. The number of imidazole rings is 1. The fourth-order valence-corrected chi connectivity index (χ4v) is 4.41. The van der Waals surface area contributed by atoms with Gasteiger partial charge in [0.1, 0.15) is 17.3 Å². The SMILES string of the molecule is O=C(Nc1ccc(Oc2ccc3nc(NC(=O)c4ccc(-n5cccc5)cc4)[nH]c3c2)cc1)Nc1cc(C(F)(F)F)ccc1F. The van der Waals surface area contributed by atoms with Crippen LogP contribution >= 0.6 is 0 Å². The molecule has 45 heavy (non-hydrogen) atoms. The summed E-state index contributed by atoms with van der Waals surface area (Å²) in [7, 11) is 0. The Labute approximate surface area is 252 Å². The maximum Gasteiger partial charge on any atom is 0.416 e. The van der Waals surface area contributed by atoms with Gasteiger partial charge in [0.25, 0.3) is 5.91 Å². The van der Waals surface area contributed by atoms with E-state index in [4.69, 9.17) is 4.74 Å². The lowest BCUT2D eigenvalue weighted by molar-refractivity contribution is -0.137. The van der Waals surface area contributed by atoms with Gasteiger partial charge in [0, 0.05) is 35.4 Å². The third kappa shape index (κ3) is 6.77. The van der Waals surface area contributed by atoms with Crippen molar-refractivity contribution in [3.63, 3.8) is 0 Å². The number of benzene rings is 4. The average molecular weight is 615 g/mol. The van der Waals surface area contributed by atoms with E-state index in [1.807, 2.05) is 41.2 Å². The number of aromatic amines is 1. The highest BCUT2D eigenvalue weighted by Gasteiger charge is 2.31. The van der Waals surface area contributed by atoms with Crippen molar-refractivity contribution < 1.29 is 31.9 Å². The number of carbonyl (C=O) groups is 2. The normalized spacial score (nSPS) is 11.3. The third-order valence-corrected chi connectivity index (χ3v) is 6.61. The number of carbonyl (C=O) groups excluding carboxylic acids is 2. The Hall–Kier alpha value is -6.11. The lowest BCUT2D eigenvalue weighted by Crippen LogP contribution is -2.20. The van der Waals surface area contributed by atoms with Crippen molar-refractivity contribution in [2.75, 3.05) is 16.0 Å². The van der Waals surface area contributed by atoms with E-state index in [0.717, 1.165) is 5.69 Å². The number of amides is 3. The standard InChI is InChI=1S/C32H22F4N6O3/c33-25-13-5-20(32(34,35)36)17-27(25)40-31(44)37-21-6-10-23(11-7-21)45-24-12-14-26-28(18-24)39-30(38-26)41-29(43)19-3-8-22(9-4-19)42-15-1-2-16-42/h1-18H,(H2,37,40,44)(H2,38,39,41,43). The van der Waals surface area contributed by atoms with Gasteiger partial charge in [-0.25, -0.2) is 14.2 Å². The summed E-state index contributed by atoms with van der Waals surface area (Å²) in [4.78, 5) is 32.5. The van der Waals surface area contributed by atoms with Crippen molar-refractivity contribution in [1.29, 1.82) is 0 Å². The molecular formula is C32H22F4N6O3. The summed E-state index contributed by atoms with van der Waals surface area (Å²) >= 11 is 0. The zero-order valence-corrected chi connectivity index (χ0v) is 23.0. The molecule has 0 aliphatic carbocycles. The van der Waals surface area contributed by atoms with Crippen LogP contribution in [0.4, 0.5) is 39.7 Å². The Bertz CT molecular complexity index is 1990. The summed E-state index contributed by atoms with van der Waals surface area (Å²) in [5.41, 5.74) is 1.19. The van der Waals surface area contributed by atoms with E-state index < -0.39 is 29.3 Å². The van der Waals surface area contributed by atoms with E-state index >= 15 is 0 Å². The molecule has 2 aromatic heterocycles. The third-order valence-electron chi connectivity index (χ3n) is 6.61. The van der Waals surface area contributed by atoms with Gasteiger partial charge in [0.15, 0.2) is 0 Å². The van der Waals surface area contributed by atoms with E-state index in [1.165, 1.54) is 12.1 Å². The zero-order valence-electron chi connectivity index (χ0n) is 23.0. The lowest BCUT2D eigenvalue weighted by atomic mass is 10.2. The van der Waals surface area contributed by atoms with Crippen molar-refractivity contribution in [3.05, 3.63) is 126 Å². The minimum absolute atomic E-state index is 0.264. The first-order valence-corrected chi connectivity index (χ1v) is 13.4. The molecule has 0 aliphatic heterocycles. The van der Waals surface area contributed by atoms with Crippen LogP contribution in [-0.4, -0.2) is 26.5 Å². The molecule has 4 aromatic carbocycles. The van der Waals surface area contributed by atoms with Crippen molar-refractivity contribution in [3.8, 4) is 17.2 Å². The van der Waals surface area contributed by atoms with Gasteiger partial charge in [-0.2, -0.15) is 13.2 Å². The number of nitrogens with zero attached hydrogens (tertiary/aromatic N) is 2. The van der Waals surface area contributed by atoms with Crippen LogP contribution in [0.5, 0.6) is 11.5 Å².